The molecule has 0 aliphatic carbocycles. The highest BCUT2D eigenvalue weighted by Gasteiger charge is 2.18. The first-order valence-electron chi connectivity index (χ1n) is 7.37. The van der Waals surface area contributed by atoms with Crippen LogP contribution in [-0.4, -0.2) is 28.5 Å². The molecule has 0 spiro atoms. The van der Waals surface area contributed by atoms with Crippen LogP contribution in [0.1, 0.15) is 22.3 Å². The fraction of sp³-hybridized carbons (Fsp3) is 0.235. The maximum Gasteiger partial charge on any atom is 0.255 e. The Labute approximate surface area is 149 Å². The summed E-state index contributed by atoms with van der Waals surface area (Å²) in [4.78, 5) is 16.6. The smallest absolute Gasteiger partial charge is 0.255 e. The molecule has 122 valence electrons. The normalized spacial score (nSPS) is 16.4. The quantitative estimate of drug-likeness (QED) is 0.899. The van der Waals surface area contributed by atoms with Gasteiger partial charge in [0, 0.05) is 28.6 Å². The number of rotatable bonds is 4. The third-order valence-corrected chi connectivity index (χ3v) is 4.89. The van der Waals surface area contributed by atoms with Crippen molar-refractivity contribution in [1.29, 1.82) is 5.26 Å². The lowest BCUT2D eigenvalue weighted by atomic mass is 10.1. The lowest BCUT2D eigenvalue weighted by Crippen LogP contribution is -2.17. The van der Waals surface area contributed by atoms with Gasteiger partial charge in [-0.15, -0.1) is 0 Å². The highest BCUT2D eigenvalue weighted by molar-refractivity contribution is 7.99. The van der Waals surface area contributed by atoms with E-state index >= 15 is 0 Å². The van der Waals surface area contributed by atoms with Gasteiger partial charge in [0.15, 0.2) is 0 Å². The Bertz CT molecular complexity index is 801. The molecule has 1 atom stereocenters. The van der Waals surface area contributed by atoms with Crippen molar-refractivity contribution in [2.24, 2.45) is 0 Å². The average molecular weight is 360 g/mol. The summed E-state index contributed by atoms with van der Waals surface area (Å²) in [5.41, 5.74) is 1.14. The van der Waals surface area contributed by atoms with Crippen molar-refractivity contribution in [2.45, 2.75) is 12.5 Å². The molecule has 5 nitrogen and oxygen atoms in total. The molecule has 0 saturated carbocycles. The van der Waals surface area contributed by atoms with E-state index in [0.29, 0.717) is 27.7 Å². The number of hydrogen-bond acceptors (Lipinski definition) is 5. The van der Waals surface area contributed by atoms with Crippen LogP contribution in [0.4, 0.5) is 5.69 Å². The molecule has 3 rings (SSSR count). The molecule has 1 aromatic heterocycles. The lowest BCUT2D eigenvalue weighted by Gasteiger charge is -2.12. The number of thioether (sulfide) groups is 1. The number of benzene rings is 1. The molecule has 1 saturated heterocycles. The van der Waals surface area contributed by atoms with Crippen molar-refractivity contribution in [2.75, 3.05) is 16.8 Å². The van der Waals surface area contributed by atoms with E-state index in [-0.39, 0.29) is 12.0 Å². The van der Waals surface area contributed by atoms with E-state index in [9.17, 15) is 4.79 Å². The van der Waals surface area contributed by atoms with Crippen molar-refractivity contribution in [3.63, 3.8) is 0 Å². The second-order valence-corrected chi connectivity index (χ2v) is 6.83. The van der Waals surface area contributed by atoms with Crippen LogP contribution in [0.3, 0.4) is 0 Å². The number of pyridine rings is 1. The van der Waals surface area contributed by atoms with Crippen LogP contribution in [0.15, 0.2) is 36.5 Å². The summed E-state index contributed by atoms with van der Waals surface area (Å²) in [5, 5.41) is 12.3. The first-order valence-corrected chi connectivity index (χ1v) is 8.90. The molecule has 1 aromatic carbocycles. The zero-order valence-electron chi connectivity index (χ0n) is 12.7. The van der Waals surface area contributed by atoms with Gasteiger partial charge in [0.25, 0.3) is 5.91 Å². The van der Waals surface area contributed by atoms with E-state index in [1.165, 1.54) is 6.20 Å². The van der Waals surface area contributed by atoms with Crippen LogP contribution in [0, 0.1) is 11.3 Å². The fourth-order valence-electron chi connectivity index (χ4n) is 2.30. The number of nitrogens with one attached hydrogen (secondary N) is 1. The largest absolute Gasteiger partial charge is 0.473 e. The Kier molecular flexibility index (Phi) is 5.24. The third-order valence-electron chi connectivity index (χ3n) is 3.52. The van der Waals surface area contributed by atoms with Gasteiger partial charge in [-0.2, -0.15) is 17.0 Å². The number of halogens is 1. The molecule has 2 heterocycles. The molecule has 24 heavy (non-hydrogen) atoms. The number of nitrogens with zero attached hydrogens (tertiary/aromatic N) is 2. The number of nitriles is 1. The molecule has 2 aromatic rings. The fourth-order valence-corrected chi connectivity index (χ4v) is 3.57. The Hall–Kier alpha value is -2.23. The summed E-state index contributed by atoms with van der Waals surface area (Å²) in [6, 6.07) is 9.95. The summed E-state index contributed by atoms with van der Waals surface area (Å²) >= 11 is 7.77. The SMILES string of the molecule is N#Cc1ccc(Cl)cc1NC(=O)c1ccnc(OC2CCSC2)c1. The zero-order chi connectivity index (χ0) is 16.9. The molecule has 1 aliphatic heterocycles. The second kappa shape index (κ2) is 7.56. The number of carbonyl (C=O) groups excluding carboxylic acids is 1. The minimum absolute atomic E-state index is 0.138. The van der Waals surface area contributed by atoms with Crippen molar-refractivity contribution < 1.29 is 9.53 Å². The van der Waals surface area contributed by atoms with E-state index < -0.39 is 0 Å². The van der Waals surface area contributed by atoms with Gasteiger partial charge in [0.2, 0.25) is 5.88 Å². The third kappa shape index (κ3) is 3.99. The van der Waals surface area contributed by atoms with Crippen LogP contribution in [0.25, 0.3) is 0 Å². The molecule has 7 heteroatoms. The molecular formula is C17H14ClN3O2S. The van der Waals surface area contributed by atoms with Gasteiger partial charge in [0.1, 0.15) is 12.2 Å². The van der Waals surface area contributed by atoms with Crippen LogP contribution in [0.2, 0.25) is 5.02 Å². The predicted octanol–water partition coefficient (Wildman–Crippen LogP) is 3.74. The highest BCUT2D eigenvalue weighted by Crippen LogP contribution is 2.24. The first-order chi connectivity index (χ1) is 11.7. The van der Waals surface area contributed by atoms with Crippen molar-refractivity contribution in [3.8, 4) is 11.9 Å². The number of amides is 1. The van der Waals surface area contributed by atoms with Crippen LogP contribution in [-0.2, 0) is 0 Å². The highest BCUT2D eigenvalue weighted by atomic mass is 35.5. The summed E-state index contributed by atoms with van der Waals surface area (Å²) in [7, 11) is 0. The van der Waals surface area contributed by atoms with E-state index in [1.807, 2.05) is 17.8 Å². The van der Waals surface area contributed by atoms with E-state index in [4.69, 9.17) is 21.6 Å². The minimum Gasteiger partial charge on any atom is -0.473 e. The number of anilines is 1. The van der Waals surface area contributed by atoms with E-state index in [0.717, 1.165) is 17.9 Å². The van der Waals surface area contributed by atoms with Crippen LogP contribution in [0.5, 0.6) is 5.88 Å². The lowest BCUT2D eigenvalue weighted by molar-refractivity contribution is 0.102. The molecule has 0 bridgehead atoms. The number of carbonyl (C=O) groups is 1. The van der Waals surface area contributed by atoms with Crippen LogP contribution >= 0.6 is 23.4 Å². The Morgan fingerprint density at radius 1 is 1.42 bits per heavy atom. The van der Waals surface area contributed by atoms with Crippen molar-refractivity contribution >= 4 is 35.0 Å². The summed E-state index contributed by atoms with van der Waals surface area (Å²) in [5.74, 6) is 2.10. The number of hydrogen-bond donors (Lipinski definition) is 1. The maximum absolute atomic E-state index is 12.4. The maximum atomic E-state index is 12.4. The van der Waals surface area contributed by atoms with Gasteiger partial charge >= 0.3 is 0 Å². The van der Waals surface area contributed by atoms with Gasteiger partial charge in [-0.1, -0.05) is 11.6 Å². The Morgan fingerprint density at radius 2 is 2.29 bits per heavy atom. The van der Waals surface area contributed by atoms with Crippen LogP contribution < -0.4 is 10.1 Å². The Morgan fingerprint density at radius 3 is 3.04 bits per heavy atom. The summed E-state index contributed by atoms with van der Waals surface area (Å²) < 4.78 is 5.79. The summed E-state index contributed by atoms with van der Waals surface area (Å²) in [6.07, 6.45) is 2.66. The van der Waals surface area contributed by atoms with Gasteiger partial charge < -0.3 is 10.1 Å². The standard InChI is InChI=1S/C17H14ClN3O2S/c18-13-2-1-12(9-19)15(8-13)21-17(22)11-3-5-20-16(7-11)23-14-4-6-24-10-14/h1-3,5,7-8,14H,4,6,10H2,(H,21,22). The predicted molar refractivity (Wildman–Crippen MR) is 94.7 cm³/mol. The number of aromatic nitrogens is 1. The minimum atomic E-state index is -0.346. The van der Waals surface area contributed by atoms with Gasteiger partial charge in [-0.3, -0.25) is 4.79 Å². The van der Waals surface area contributed by atoms with Gasteiger partial charge in [-0.25, -0.2) is 4.98 Å². The topological polar surface area (TPSA) is 75.0 Å². The summed E-state index contributed by atoms with van der Waals surface area (Å²) in [6.45, 7) is 0. The van der Waals surface area contributed by atoms with Crippen molar-refractivity contribution in [3.05, 3.63) is 52.7 Å². The number of ether oxygens (including phenoxy) is 1. The molecule has 0 radical (unpaired) electrons. The molecule has 1 aliphatic rings. The molecule has 1 N–H and O–H groups in total. The Balaban J connectivity index is 1.75. The van der Waals surface area contributed by atoms with E-state index in [1.54, 1.807) is 30.3 Å². The molecular weight excluding hydrogens is 346 g/mol. The zero-order valence-corrected chi connectivity index (χ0v) is 14.2. The molecule has 1 fully saturated rings. The molecule has 1 unspecified atom stereocenters. The average Bonchev–Trinajstić information content (AvgIpc) is 3.08. The van der Waals surface area contributed by atoms with Crippen molar-refractivity contribution in [1.82, 2.24) is 4.98 Å². The van der Waals surface area contributed by atoms with E-state index in [2.05, 4.69) is 10.3 Å². The molecule has 1 amide bonds. The van der Waals surface area contributed by atoms with Gasteiger partial charge in [0.05, 0.1) is 11.3 Å². The second-order valence-electron chi connectivity index (χ2n) is 5.24. The van der Waals surface area contributed by atoms with Gasteiger partial charge in [-0.05, 0) is 36.4 Å². The monoisotopic (exact) mass is 359 g/mol. The first kappa shape index (κ1) is 16.6.